The highest BCUT2D eigenvalue weighted by Crippen LogP contribution is 2.40. The molecule has 3 fully saturated rings. The van der Waals surface area contributed by atoms with Crippen LogP contribution >= 0.6 is 0 Å². The number of aliphatic carboxylic acids is 1. The van der Waals surface area contributed by atoms with Crippen LogP contribution < -0.4 is 0 Å². The Morgan fingerprint density at radius 3 is 2.40 bits per heavy atom. The summed E-state index contributed by atoms with van der Waals surface area (Å²) in [6, 6.07) is 3.53. The van der Waals surface area contributed by atoms with Crippen molar-refractivity contribution >= 4 is 17.8 Å². The molecule has 2 saturated heterocycles. The summed E-state index contributed by atoms with van der Waals surface area (Å²) in [5.74, 6) is -1.78. The zero-order chi connectivity index (χ0) is 21.9. The predicted molar refractivity (Wildman–Crippen MR) is 99.5 cm³/mol. The van der Waals surface area contributed by atoms with Crippen LogP contribution in [0.2, 0.25) is 0 Å². The van der Waals surface area contributed by atoms with Crippen molar-refractivity contribution < 1.29 is 32.7 Å². The molecule has 0 bridgehead atoms. The summed E-state index contributed by atoms with van der Waals surface area (Å²) in [6.45, 7) is 2.36. The van der Waals surface area contributed by atoms with E-state index in [4.69, 9.17) is 9.90 Å². The number of carboxylic acid groups (broad SMARTS) is 1. The van der Waals surface area contributed by atoms with Crippen LogP contribution in [0.15, 0.2) is 24.5 Å². The molecule has 1 spiro atoms. The number of piperidine rings is 1. The lowest BCUT2D eigenvalue weighted by molar-refractivity contribution is -0.192. The van der Waals surface area contributed by atoms with E-state index in [1.54, 1.807) is 24.5 Å². The molecule has 30 heavy (non-hydrogen) atoms. The van der Waals surface area contributed by atoms with Gasteiger partial charge in [0.15, 0.2) is 0 Å². The number of hydrogen-bond acceptors (Lipinski definition) is 4. The van der Waals surface area contributed by atoms with Gasteiger partial charge in [-0.2, -0.15) is 13.2 Å². The zero-order valence-corrected chi connectivity index (χ0v) is 16.4. The number of halogens is 3. The van der Waals surface area contributed by atoms with Gasteiger partial charge in [-0.25, -0.2) is 4.79 Å². The van der Waals surface area contributed by atoms with Gasteiger partial charge in [0.25, 0.3) is 5.91 Å². The van der Waals surface area contributed by atoms with Gasteiger partial charge >= 0.3 is 12.1 Å². The van der Waals surface area contributed by atoms with E-state index in [-0.39, 0.29) is 17.4 Å². The number of likely N-dealkylation sites (tertiary alicyclic amines) is 2. The average Bonchev–Trinajstić information content (AvgIpc) is 3.46. The number of alkyl halides is 3. The van der Waals surface area contributed by atoms with Crippen LogP contribution in [0.25, 0.3) is 0 Å². The fourth-order valence-electron chi connectivity index (χ4n) is 4.08. The Balaban J connectivity index is 0.000000318. The van der Waals surface area contributed by atoms with Crippen molar-refractivity contribution in [1.82, 2.24) is 14.8 Å². The maximum absolute atomic E-state index is 13.0. The lowest BCUT2D eigenvalue weighted by Gasteiger charge is -2.44. The highest BCUT2D eigenvalue weighted by atomic mass is 19.4. The molecule has 1 unspecified atom stereocenters. The number of pyridine rings is 1. The van der Waals surface area contributed by atoms with Gasteiger partial charge in [0, 0.05) is 37.6 Å². The summed E-state index contributed by atoms with van der Waals surface area (Å²) in [7, 11) is 0. The summed E-state index contributed by atoms with van der Waals surface area (Å²) in [4.78, 5) is 42.4. The number of rotatable bonds is 3. The molecule has 1 atom stereocenters. The smallest absolute Gasteiger partial charge is 0.475 e. The minimum Gasteiger partial charge on any atom is -0.475 e. The highest BCUT2D eigenvalue weighted by molar-refractivity contribution is 5.95. The van der Waals surface area contributed by atoms with Crippen LogP contribution in [0.5, 0.6) is 0 Å². The summed E-state index contributed by atoms with van der Waals surface area (Å²) < 4.78 is 31.7. The molecule has 3 heterocycles. The monoisotopic (exact) mass is 427 g/mol. The van der Waals surface area contributed by atoms with Gasteiger partial charge in [0.1, 0.15) is 0 Å². The molecular formula is C20H24F3N3O4. The number of carboxylic acids is 1. The van der Waals surface area contributed by atoms with Gasteiger partial charge in [-0.15, -0.1) is 0 Å². The third kappa shape index (κ3) is 5.09. The summed E-state index contributed by atoms with van der Waals surface area (Å²) >= 11 is 0. The van der Waals surface area contributed by atoms with Crippen LogP contribution in [-0.2, 0) is 9.59 Å². The molecule has 4 rings (SSSR count). The third-order valence-electron chi connectivity index (χ3n) is 5.76. The summed E-state index contributed by atoms with van der Waals surface area (Å²) in [5.41, 5.74) is 0.388. The Bertz CT molecular complexity index is 798. The molecule has 3 aliphatic rings. The number of amides is 2. The number of carbonyl (C=O) groups is 3. The fourth-order valence-corrected chi connectivity index (χ4v) is 4.08. The topological polar surface area (TPSA) is 90.8 Å². The van der Waals surface area contributed by atoms with Crippen LogP contribution in [0.3, 0.4) is 0 Å². The molecule has 10 heteroatoms. The predicted octanol–water partition coefficient (Wildman–Crippen LogP) is 2.72. The van der Waals surface area contributed by atoms with Gasteiger partial charge in [-0.1, -0.05) is 0 Å². The maximum atomic E-state index is 13.0. The molecule has 0 radical (unpaired) electrons. The van der Waals surface area contributed by atoms with E-state index >= 15 is 0 Å². The Hall–Kier alpha value is -2.65. The Labute approximate surface area is 171 Å². The number of carbonyl (C=O) groups excluding carboxylic acids is 2. The van der Waals surface area contributed by atoms with Crippen LogP contribution in [0.1, 0.15) is 48.9 Å². The molecule has 164 valence electrons. The lowest BCUT2D eigenvalue weighted by atomic mass is 9.85. The van der Waals surface area contributed by atoms with Gasteiger partial charge in [0.2, 0.25) is 5.91 Å². The fraction of sp³-hybridized carbons (Fsp3) is 0.600. The first-order valence-corrected chi connectivity index (χ1v) is 9.92. The van der Waals surface area contributed by atoms with Crippen molar-refractivity contribution in [3.8, 4) is 0 Å². The van der Waals surface area contributed by atoms with E-state index in [1.807, 2.05) is 9.80 Å². The van der Waals surface area contributed by atoms with Crippen molar-refractivity contribution in [2.24, 2.45) is 5.92 Å². The van der Waals surface area contributed by atoms with E-state index < -0.39 is 12.1 Å². The average molecular weight is 427 g/mol. The third-order valence-corrected chi connectivity index (χ3v) is 5.76. The minimum atomic E-state index is -5.08. The van der Waals surface area contributed by atoms with Crippen LogP contribution in [0.4, 0.5) is 13.2 Å². The molecule has 2 amide bonds. The van der Waals surface area contributed by atoms with E-state index in [2.05, 4.69) is 4.98 Å². The van der Waals surface area contributed by atoms with Gasteiger partial charge in [-0.3, -0.25) is 14.6 Å². The SMILES string of the molecule is O=C(O)C(F)(F)F.O=C1CC2(CCCCN2C(=O)c2ccncc2)CN1CC1CC1. The largest absolute Gasteiger partial charge is 0.490 e. The minimum absolute atomic E-state index is 0.0492. The highest BCUT2D eigenvalue weighted by Gasteiger charge is 2.50. The van der Waals surface area contributed by atoms with E-state index in [1.165, 1.54) is 12.8 Å². The summed E-state index contributed by atoms with van der Waals surface area (Å²) in [6.07, 6.45) is 4.28. The second kappa shape index (κ2) is 8.61. The first kappa shape index (κ1) is 22.0. The zero-order valence-electron chi connectivity index (χ0n) is 16.4. The Morgan fingerprint density at radius 1 is 1.20 bits per heavy atom. The van der Waals surface area contributed by atoms with Gasteiger partial charge in [0.05, 0.1) is 12.0 Å². The molecule has 0 aromatic carbocycles. The van der Waals surface area contributed by atoms with E-state index in [0.29, 0.717) is 17.9 Å². The van der Waals surface area contributed by atoms with E-state index in [0.717, 1.165) is 38.9 Å². The molecule has 1 aliphatic carbocycles. The molecular weight excluding hydrogens is 403 g/mol. The van der Waals surface area contributed by atoms with Gasteiger partial charge < -0.3 is 14.9 Å². The molecule has 7 nitrogen and oxygen atoms in total. The van der Waals surface area contributed by atoms with Crippen molar-refractivity contribution in [2.75, 3.05) is 19.6 Å². The quantitative estimate of drug-likeness (QED) is 0.801. The van der Waals surface area contributed by atoms with Crippen molar-refractivity contribution in [3.05, 3.63) is 30.1 Å². The lowest BCUT2D eigenvalue weighted by Crippen LogP contribution is -2.56. The van der Waals surface area contributed by atoms with Gasteiger partial charge in [-0.05, 0) is 50.2 Å². The molecule has 2 aliphatic heterocycles. The van der Waals surface area contributed by atoms with Crippen molar-refractivity contribution in [2.45, 2.75) is 50.2 Å². The molecule has 1 saturated carbocycles. The van der Waals surface area contributed by atoms with E-state index in [9.17, 15) is 22.8 Å². The number of hydrogen-bond donors (Lipinski definition) is 1. The first-order chi connectivity index (χ1) is 14.1. The van der Waals surface area contributed by atoms with Crippen molar-refractivity contribution in [1.29, 1.82) is 0 Å². The van der Waals surface area contributed by atoms with Crippen molar-refractivity contribution in [3.63, 3.8) is 0 Å². The number of nitrogens with zero attached hydrogens (tertiary/aromatic N) is 3. The standard InChI is InChI=1S/C18H23N3O2.C2HF3O2/c22-16-11-18(13-20(16)12-14-3-4-14)7-1-2-10-21(18)17(23)15-5-8-19-9-6-15;3-2(4,5)1(6)7/h5-6,8-9,14H,1-4,7,10-13H2;(H,6,7). The molecule has 1 aromatic heterocycles. The summed E-state index contributed by atoms with van der Waals surface area (Å²) in [5, 5.41) is 7.12. The molecule has 1 aromatic rings. The van der Waals surface area contributed by atoms with Crippen LogP contribution in [0, 0.1) is 5.92 Å². The Kier molecular flexibility index (Phi) is 6.33. The number of aromatic nitrogens is 1. The maximum Gasteiger partial charge on any atom is 0.490 e. The van der Waals surface area contributed by atoms with Crippen LogP contribution in [-0.4, -0.2) is 69.0 Å². The second-order valence-electron chi connectivity index (χ2n) is 8.07. The Morgan fingerprint density at radius 2 is 1.83 bits per heavy atom. The molecule has 1 N–H and O–H groups in total. The first-order valence-electron chi connectivity index (χ1n) is 9.92. The normalized spacial score (nSPS) is 23.9. The second-order valence-corrected chi connectivity index (χ2v) is 8.07.